The first-order valence-electron chi connectivity index (χ1n) is 11.3. The lowest BCUT2D eigenvalue weighted by molar-refractivity contribution is 0.188. The summed E-state index contributed by atoms with van der Waals surface area (Å²) in [6.45, 7) is 8.52. The van der Waals surface area contributed by atoms with Crippen molar-refractivity contribution in [1.29, 1.82) is 0 Å². The zero-order valence-corrected chi connectivity index (χ0v) is 17.5. The Kier molecular flexibility index (Phi) is 6.65. The van der Waals surface area contributed by atoms with E-state index in [1.54, 1.807) is 0 Å². The van der Waals surface area contributed by atoms with Gasteiger partial charge in [0.1, 0.15) is 5.84 Å². The monoisotopic (exact) mass is 394 g/mol. The van der Waals surface area contributed by atoms with Gasteiger partial charge >= 0.3 is 6.03 Å². The number of amides is 2. The molecule has 1 atom stereocenters. The van der Waals surface area contributed by atoms with Gasteiger partial charge in [0, 0.05) is 39.1 Å². The second kappa shape index (κ2) is 9.57. The molecule has 3 aliphatic rings. The molecule has 5 nitrogen and oxygen atoms in total. The summed E-state index contributed by atoms with van der Waals surface area (Å²) >= 11 is 0. The van der Waals surface area contributed by atoms with Crippen LogP contribution in [0.15, 0.2) is 35.8 Å². The first-order chi connectivity index (χ1) is 14.2. The molecular weight excluding hydrogens is 360 g/mol. The summed E-state index contributed by atoms with van der Waals surface area (Å²) in [7, 11) is 0. The van der Waals surface area contributed by atoms with E-state index in [1.165, 1.54) is 30.4 Å². The first kappa shape index (κ1) is 20.1. The topological polar surface area (TPSA) is 47.9 Å². The molecule has 1 saturated carbocycles. The van der Waals surface area contributed by atoms with E-state index >= 15 is 0 Å². The summed E-state index contributed by atoms with van der Waals surface area (Å²) in [5.74, 6) is 0.881. The van der Waals surface area contributed by atoms with Crippen molar-refractivity contribution in [2.75, 3.05) is 26.2 Å². The fourth-order valence-corrected chi connectivity index (χ4v) is 4.68. The lowest BCUT2D eigenvalue weighted by atomic mass is 9.96. The van der Waals surface area contributed by atoms with Crippen LogP contribution < -0.4 is 5.32 Å². The summed E-state index contributed by atoms with van der Waals surface area (Å²) in [6, 6.07) is 9.18. The molecule has 2 heterocycles. The van der Waals surface area contributed by atoms with Gasteiger partial charge in [0.15, 0.2) is 0 Å². The number of rotatable bonds is 1. The maximum Gasteiger partial charge on any atom is 0.322 e. The Morgan fingerprint density at radius 3 is 2.72 bits per heavy atom. The minimum atomic E-state index is 0.0163. The maximum absolute atomic E-state index is 13.0. The molecule has 1 saturated heterocycles. The van der Waals surface area contributed by atoms with Crippen molar-refractivity contribution in [2.45, 2.75) is 64.0 Å². The molecular formula is C24H34N4O. The summed E-state index contributed by atoms with van der Waals surface area (Å²) in [5, 5.41) is 3.17. The van der Waals surface area contributed by atoms with Crippen LogP contribution in [0, 0.1) is 0 Å². The average Bonchev–Trinajstić information content (AvgIpc) is 2.79. The molecule has 156 valence electrons. The highest BCUT2D eigenvalue weighted by atomic mass is 16.2. The Labute approximate surface area is 174 Å². The summed E-state index contributed by atoms with van der Waals surface area (Å²) in [5.41, 5.74) is 3.71. The fraction of sp³-hybridized carbons (Fsp3) is 0.583. The number of urea groups is 1. The fourth-order valence-electron chi connectivity index (χ4n) is 4.68. The van der Waals surface area contributed by atoms with E-state index in [-0.39, 0.29) is 6.03 Å². The highest BCUT2D eigenvalue weighted by Gasteiger charge is 2.22. The SMILES string of the molecule is C=C1CCCN2CCN(CCC(=NC3CCCCC3)NC2=O)Cc2cccc1c2. The van der Waals surface area contributed by atoms with Crippen molar-refractivity contribution in [2.24, 2.45) is 4.99 Å². The number of fused-ring (bicyclic) bond motifs is 5. The third-order valence-corrected chi connectivity index (χ3v) is 6.45. The Morgan fingerprint density at radius 2 is 1.86 bits per heavy atom. The second-order valence-electron chi connectivity index (χ2n) is 8.72. The van der Waals surface area contributed by atoms with Gasteiger partial charge in [-0.1, -0.05) is 50.1 Å². The van der Waals surface area contributed by atoms with Crippen LogP contribution in [-0.2, 0) is 6.54 Å². The number of aliphatic imine (C=N–C) groups is 1. The standard InChI is InChI=1S/C24H34N4O/c1-19-7-6-13-28-16-15-27(18-20-8-5-9-21(19)17-20)14-12-23(26-24(28)29)25-22-10-3-2-4-11-22/h5,8-9,17,22H,1-4,6-7,10-16,18H2,(H,25,26,29). The summed E-state index contributed by atoms with van der Waals surface area (Å²) in [4.78, 5) is 22.4. The highest BCUT2D eigenvalue weighted by Crippen LogP contribution is 2.22. The van der Waals surface area contributed by atoms with Crippen LogP contribution in [0.4, 0.5) is 4.79 Å². The quantitative estimate of drug-likeness (QED) is 0.765. The molecule has 1 aliphatic carbocycles. The number of benzene rings is 1. The molecule has 4 bridgehead atoms. The van der Waals surface area contributed by atoms with Gasteiger partial charge in [0.2, 0.25) is 0 Å². The van der Waals surface area contributed by atoms with Crippen LogP contribution in [0.25, 0.3) is 5.57 Å². The molecule has 1 aromatic rings. The largest absolute Gasteiger partial charge is 0.323 e. The number of carbonyl (C=O) groups excluding carboxylic acids is 1. The van der Waals surface area contributed by atoms with E-state index in [1.807, 2.05) is 4.90 Å². The Morgan fingerprint density at radius 1 is 1.00 bits per heavy atom. The molecule has 1 aromatic carbocycles. The third kappa shape index (κ3) is 5.47. The maximum atomic E-state index is 13.0. The van der Waals surface area contributed by atoms with Gasteiger partial charge in [0.25, 0.3) is 0 Å². The van der Waals surface area contributed by atoms with Crippen molar-refractivity contribution in [3.63, 3.8) is 0 Å². The van der Waals surface area contributed by atoms with Crippen LogP contribution in [0.1, 0.15) is 62.5 Å². The summed E-state index contributed by atoms with van der Waals surface area (Å²) < 4.78 is 0. The molecule has 2 amide bonds. The van der Waals surface area contributed by atoms with Crippen LogP contribution >= 0.6 is 0 Å². The van der Waals surface area contributed by atoms with Crippen LogP contribution in [0.3, 0.4) is 0 Å². The number of hydrogen-bond acceptors (Lipinski definition) is 3. The van der Waals surface area contributed by atoms with E-state index in [2.05, 4.69) is 41.1 Å². The zero-order valence-electron chi connectivity index (χ0n) is 17.5. The number of nitrogens with one attached hydrogen (secondary N) is 1. The molecule has 0 aromatic heterocycles. The van der Waals surface area contributed by atoms with E-state index in [0.717, 1.165) is 76.2 Å². The molecule has 2 fully saturated rings. The van der Waals surface area contributed by atoms with Crippen molar-refractivity contribution in [3.05, 3.63) is 42.0 Å². The molecule has 5 heteroatoms. The van der Waals surface area contributed by atoms with Crippen LogP contribution in [-0.4, -0.2) is 53.9 Å². The lowest BCUT2D eigenvalue weighted by Gasteiger charge is -2.27. The zero-order chi connectivity index (χ0) is 20.1. The number of hydrogen-bond donors (Lipinski definition) is 1. The van der Waals surface area contributed by atoms with Gasteiger partial charge in [-0.15, -0.1) is 0 Å². The van der Waals surface area contributed by atoms with Gasteiger partial charge in [-0.2, -0.15) is 0 Å². The Bertz CT molecular complexity index is 766. The van der Waals surface area contributed by atoms with Gasteiger partial charge in [-0.3, -0.25) is 15.2 Å². The average molecular weight is 395 g/mol. The molecule has 2 aliphatic heterocycles. The predicted molar refractivity (Wildman–Crippen MR) is 119 cm³/mol. The first-order valence-corrected chi connectivity index (χ1v) is 11.3. The van der Waals surface area contributed by atoms with Crippen molar-refractivity contribution in [1.82, 2.24) is 15.1 Å². The van der Waals surface area contributed by atoms with E-state index in [9.17, 15) is 4.79 Å². The molecule has 4 rings (SSSR count). The normalized spacial score (nSPS) is 26.1. The molecule has 1 unspecified atom stereocenters. The summed E-state index contributed by atoms with van der Waals surface area (Å²) in [6.07, 6.45) is 8.80. The van der Waals surface area contributed by atoms with Crippen molar-refractivity contribution < 1.29 is 4.79 Å². The van der Waals surface area contributed by atoms with Gasteiger partial charge < -0.3 is 4.90 Å². The van der Waals surface area contributed by atoms with E-state index in [0.29, 0.717) is 6.04 Å². The highest BCUT2D eigenvalue weighted by molar-refractivity contribution is 5.97. The lowest BCUT2D eigenvalue weighted by Crippen LogP contribution is -2.44. The van der Waals surface area contributed by atoms with Gasteiger partial charge in [-0.05, 0) is 42.4 Å². The predicted octanol–water partition coefficient (Wildman–Crippen LogP) is 4.44. The number of carbonyl (C=O) groups is 1. The van der Waals surface area contributed by atoms with Crippen molar-refractivity contribution in [3.8, 4) is 0 Å². The number of amidine groups is 1. The van der Waals surface area contributed by atoms with Crippen molar-refractivity contribution >= 4 is 17.4 Å². The van der Waals surface area contributed by atoms with Gasteiger partial charge in [-0.25, -0.2) is 4.79 Å². The smallest absolute Gasteiger partial charge is 0.322 e. The Hall–Kier alpha value is -2.14. The second-order valence-corrected chi connectivity index (χ2v) is 8.72. The molecule has 0 spiro atoms. The molecule has 1 N–H and O–H groups in total. The van der Waals surface area contributed by atoms with Gasteiger partial charge in [0.05, 0.1) is 6.04 Å². The Balaban J connectivity index is 1.57. The number of nitrogens with zero attached hydrogens (tertiary/aromatic N) is 3. The molecule has 29 heavy (non-hydrogen) atoms. The minimum absolute atomic E-state index is 0.0163. The minimum Gasteiger partial charge on any atom is -0.323 e. The van der Waals surface area contributed by atoms with Crippen LogP contribution in [0.5, 0.6) is 0 Å². The van der Waals surface area contributed by atoms with E-state index < -0.39 is 0 Å². The third-order valence-electron chi connectivity index (χ3n) is 6.45. The van der Waals surface area contributed by atoms with E-state index in [4.69, 9.17) is 4.99 Å². The molecule has 0 radical (unpaired) electrons. The van der Waals surface area contributed by atoms with Crippen LogP contribution in [0.2, 0.25) is 0 Å². The number of allylic oxidation sites excluding steroid dienone is 1.